The number of aromatic nitrogens is 4. The van der Waals surface area contributed by atoms with E-state index in [0.717, 1.165) is 60.7 Å². The van der Waals surface area contributed by atoms with Crippen LogP contribution in [-0.4, -0.2) is 27.2 Å². The van der Waals surface area contributed by atoms with E-state index in [-0.39, 0.29) is 0 Å². The molecule has 0 radical (unpaired) electrons. The van der Waals surface area contributed by atoms with Crippen LogP contribution in [0.15, 0.2) is 285 Å². The van der Waals surface area contributed by atoms with Gasteiger partial charge in [-0.15, -0.1) is 0 Å². The van der Waals surface area contributed by atoms with Crippen LogP contribution in [0.1, 0.15) is 0 Å². The Morgan fingerprint density at radius 3 is 1.14 bits per heavy atom. The maximum Gasteiger partial charge on any atom is 0.237 e. The standard InChI is InChI=1S/C71H47N5Si/c1-72-56-41-42-69-64(47-56)63-37-13-16-40-68(63)76(69)71-73-65(48-70(74-71)75-66-38-14-11-35-61(66)62-36-12-15-39-67(62)75)55-30-20-34-60(46-55)77(57-31-17-27-52(43-57)49-21-5-2-6-22-49,58-32-18-28-53(44-58)50-23-7-3-8-24-50)59-33-19-29-54(45-59)51-25-9-4-10-26-51/h2-48H. The molecule has 0 amide bonds. The third-order valence-electron chi connectivity index (χ3n) is 15.3. The molecule has 0 aliphatic heterocycles. The van der Waals surface area contributed by atoms with Crippen molar-refractivity contribution in [1.29, 1.82) is 0 Å². The zero-order valence-electron chi connectivity index (χ0n) is 41.9. The Bertz CT molecular complexity index is 4340. The SMILES string of the molecule is [C-]#[N+]c1ccc2c(c1)c1ccccc1n2-c1nc(-c2cccc([Si](c3cccc(-c4ccccc4)c3)(c3cccc(-c4ccccc4)c3)c3cccc(-c4ccccc4)c3)c2)cc(-n2c3ccccc3c3ccccc32)n1. The Morgan fingerprint density at radius 1 is 0.299 bits per heavy atom. The third kappa shape index (κ3) is 7.76. The molecular weight excluding hydrogens is 951 g/mol. The van der Waals surface area contributed by atoms with Gasteiger partial charge in [0, 0.05) is 27.8 Å². The van der Waals surface area contributed by atoms with E-state index in [1.807, 2.05) is 18.2 Å². The van der Waals surface area contributed by atoms with Gasteiger partial charge in [-0.25, -0.2) is 9.83 Å². The molecule has 0 spiro atoms. The van der Waals surface area contributed by atoms with Crippen LogP contribution in [0.2, 0.25) is 0 Å². The molecule has 11 aromatic carbocycles. The first-order chi connectivity index (χ1) is 38.1. The summed E-state index contributed by atoms with van der Waals surface area (Å²) < 4.78 is 4.45. The Labute approximate surface area is 447 Å². The van der Waals surface area contributed by atoms with Gasteiger partial charge in [0.2, 0.25) is 5.95 Å². The number of benzene rings is 11. The smallest absolute Gasteiger partial charge is 0.237 e. The summed E-state index contributed by atoms with van der Waals surface area (Å²) >= 11 is 0. The minimum absolute atomic E-state index is 0.539. The van der Waals surface area contributed by atoms with Gasteiger partial charge in [0.1, 0.15) is 5.82 Å². The van der Waals surface area contributed by atoms with Gasteiger partial charge in [0.05, 0.1) is 34.3 Å². The van der Waals surface area contributed by atoms with Gasteiger partial charge < -0.3 is 0 Å². The zero-order valence-corrected chi connectivity index (χ0v) is 42.9. The minimum Gasteiger partial charge on any atom is -0.294 e. The number of rotatable bonds is 10. The van der Waals surface area contributed by atoms with Crippen LogP contribution in [0.4, 0.5) is 5.69 Å². The fourth-order valence-electron chi connectivity index (χ4n) is 11.8. The van der Waals surface area contributed by atoms with E-state index in [1.165, 1.54) is 54.1 Å². The van der Waals surface area contributed by atoms with Gasteiger partial charge in [0.15, 0.2) is 13.8 Å². The second-order valence-corrected chi connectivity index (χ2v) is 23.4. The molecule has 6 heteroatoms. The first-order valence-electron chi connectivity index (χ1n) is 26.0. The van der Waals surface area contributed by atoms with Crippen molar-refractivity contribution in [1.82, 2.24) is 19.1 Å². The van der Waals surface area contributed by atoms with Crippen LogP contribution < -0.4 is 20.7 Å². The second-order valence-electron chi connectivity index (χ2n) is 19.6. The lowest BCUT2D eigenvalue weighted by Crippen LogP contribution is -2.74. The summed E-state index contributed by atoms with van der Waals surface area (Å²) in [6.07, 6.45) is 0. The molecule has 3 aromatic heterocycles. The van der Waals surface area contributed by atoms with Crippen molar-refractivity contribution in [3.63, 3.8) is 0 Å². The minimum atomic E-state index is -3.32. The number of hydrogen-bond donors (Lipinski definition) is 0. The quantitative estimate of drug-likeness (QED) is 0.0778. The Hall–Kier alpha value is -10.2. The van der Waals surface area contributed by atoms with Crippen LogP contribution in [0.25, 0.3) is 105 Å². The summed E-state index contributed by atoms with van der Waals surface area (Å²) in [5.41, 5.74) is 13.4. The molecule has 0 aliphatic carbocycles. The summed E-state index contributed by atoms with van der Waals surface area (Å²) in [4.78, 5) is 15.1. The van der Waals surface area contributed by atoms with Crippen molar-refractivity contribution in [2.75, 3.05) is 0 Å². The highest BCUT2D eigenvalue weighted by Gasteiger charge is 2.42. The molecule has 14 rings (SSSR count). The molecule has 77 heavy (non-hydrogen) atoms. The summed E-state index contributed by atoms with van der Waals surface area (Å²) in [5, 5.41) is 9.34. The highest BCUT2D eigenvalue weighted by Crippen LogP contribution is 2.37. The molecule has 0 bridgehead atoms. The van der Waals surface area contributed by atoms with E-state index < -0.39 is 8.07 Å². The van der Waals surface area contributed by atoms with E-state index >= 15 is 0 Å². The van der Waals surface area contributed by atoms with Crippen LogP contribution in [0.5, 0.6) is 0 Å². The van der Waals surface area contributed by atoms with Crippen LogP contribution in [0.3, 0.4) is 0 Å². The van der Waals surface area contributed by atoms with E-state index in [0.29, 0.717) is 11.6 Å². The number of para-hydroxylation sites is 3. The zero-order chi connectivity index (χ0) is 51.3. The number of hydrogen-bond acceptors (Lipinski definition) is 2. The number of fused-ring (bicyclic) bond motifs is 6. The summed E-state index contributed by atoms with van der Waals surface area (Å²) in [7, 11) is -3.32. The van der Waals surface area contributed by atoms with Crippen molar-refractivity contribution >= 4 is 78.1 Å². The average Bonchev–Trinajstić information content (AvgIpc) is 4.10. The maximum atomic E-state index is 7.93. The van der Waals surface area contributed by atoms with E-state index in [4.69, 9.17) is 16.5 Å². The molecule has 0 fully saturated rings. The summed E-state index contributed by atoms with van der Waals surface area (Å²) in [5.74, 6) is 1.29. The fourth-order valence-corrected chi connectivity index (χ4v) is 16.7. The van der Waals surface area contributed by atoms with Gasteiger partial charge in [-0.1, -0.05) is 249 Å². The van der Waals surface area contributed by atoms with Gasteiger partial charge >= 0.3 is 0 Å². The molecule has 14 aromatic rings. The largest absolute Gasteiger partial charge is 0.294 e. The Balaban J connectivity index is 1.08. The first kappa shape index (κ1) is 45.4. The van der Waals surface area contributed by atoms with Gasteiger partial charge in [-0.3, -0.25) is 9.13 Å². The second kappa shape index (κ2) is 18.9. The van der Waals surface area contributed by atoms with Crippen LogP contribution >= 0.6 is 0 Å². The van der Waals surface area contributed by atoms with Crippen LogP contribution in [-0.2, 0) is 0 Å². The molecule has 0 unspecified atom stereocenters. The molecule has 5 nitrogen and oxygen atoms in total. The molecule has 0 saturated heterocycles. The number of nitrogens with zero attached hydrogens (tertiary/aromatic N) is 5. The third-order valence-corrected chi connectivity index (χ3v) is 20.0. The predicted molar refractivity (Wildman–Crippen MR) is 322 cm³/mol. The lowest BCUT2D eigenvalue weighted by Gasteiger charge is -2.35. The Morgan fingerprint density at radius 2 is 0.675 bits per heavy atom. The van der Waals surface area contributed by atoms with Crippen molar-refractivity contribution < 1.29 is 0 Å². The fraction of sp³-hybridized carbons (Fsp3) is 0. The molecular formula is C71H47N5Si. The predicted octanol–water partition coefficient (Wildman–Crippen LogP) is 15.3. The lowest BCUT2D eigenvalue weighted by molar-refractivity contribution is 0.952. The lowest BCUT2D eigenvalue weighted by atomic mass is 10.1. The Kier molecular flexibility index (Phi) is 11.2. The summed E-state index contributed by atoms with van der Waals surface area (Å²) in [6.45, 7) is 7.93. The van der Waals surface area contributed by atoms with E-state index in [1.54, 1.807) is 0 Å². The molecule has 0 atom stereocenters. The van der Waals surface area contributed by atoms with Crippen molar-refractivity contribution in [2.24, 2.45) is 0 Å². The summed E-state index contributed by atoms with van der Waals surface area (Å²) in [6, 6.07) is 103. The van der Waals surface area contributed by atoms with E-state index in [2.05, 4.69) is 281 Å². The molecule has 0 N–H and O–H groups in total. The van der Waals surface area contributed by atoms with Gasteiger partial charge in [0.25, 0.3) is 0 Å². The normalized spacial score (nSPS) is 11.6. The maximum absolute atomic E-state index is 7.93. The van der Waals surface area contributed by atoms with E-state index in [9.17, 15) is 0 Å². The average molecular weight is 998 g/mol. The molecule has 0 aliphatic rings. The monoisotopic (exact) mass is 997 g/mol. The first-order valence-corrected chi connectivity index (χ1v) is 28.0. The van der Waals surface area contributed by atoms with Crippen molar-refractivity contribution in [3.8, 4) is 56.4 Å². The highest BCUT2D eigenvalue weighted by atomic mass is 28.3. The molecule has 360 valence electrons. The highest BCUT2D eigenvalue weighted by molar-refractivity contribution is 7.20. The van der Waals surface area contributed by atoms with Gasteiger partial charge in [-0.2, -0.15) is 4.98 Å². The van der Waals surface area contributed by atoms with Crippen LogP contribution in [0, 0.1) is 6.57 Å². The van der Waals surface area contributed by atoms with Crippen molar-refractivity contribution in [3.05, 3.63) is 297 Å². The van der Waals surface area contributed by atoms with Gasteiger partial charge in [-0.05, 0) is 89.8 Å². The topological polar surface area (TPSA) is 40.0 Å². The molecule has 0 saturated carbocycles. The molecule has 3 heterocycles. The van der Waals surface area contributed by atoms with Crippen molar-refractivity contribution in [2.45, 2.75) is 0 Å².